The summed E-state index contributed by atoms with van der Waals surface area (Å²) in [5.74, 6) is 0. The van der Waals surface area contributed by atoms with E-state index in [-0.39, 0.29) is 38.0 Å². The molecule has 0 aromatic heterocycles. The molecule has 5 atom stereocenters. The zero-order valence-corrected chi connectivity index (χ0v) is 14.9. The number of nitrogens with one attached hydrogen (secondary N) is 1. The minimum atomic E-state index is -0.496. The third-order valence-corrected chi connectivity index (χ3v) is 4.02. The fourth-order valence-electron chi connectivity index (χ4n) is 2.95. The second-order valence-corrected chi connectivity index (χ2v) is 7.20. The lowest BCUT2D eigenvalue weighted by Crippen LogP contribution is -2.49. The Labute approximate surface area is 147 Å². The van der Waals surface area contributed by atoms with Crippen molar-refractivity contribution in [2.24, 2.45) is 0 Å². The van der Waals surface area contributed by atoms with Crippen LogP contribution in [0.15, 0.2) is 0 Å². The number of hydrogen-bond donors (Lipinski definition) is 1. The summed E-state index contributed by atoms with van der Waals surface area (Å²) in [6.45, 7) is 7.26. The van der Waals surface area contributed by atoms with Crippen molar-refractivity contribution in [3.63, 3.8) is 0 Å². The SMILES string of the molecule is CC(C)(C)OC(=O)NCCCOC[C@H]1OCO[C@@H]2[C@H]3OCO[C@H]3O[C@@H]21. The number of fused-ring (bicyclic) bond motifs is 3. The zero-order valence-electron chi connectivity index (χ0n) is 14.9. The van der Waals surface area contributed by atoms with E-state index in [1.165, 1.54) is 0 Å². The third-order valence-electron chi connectivity index (χ3n) is 4.02. The average molecular weight is 361 g/mol. The Hall–Kier alpha value is -0.970. The summed E-state index contributed by atoms with van der Waals surface area (Å²) in [6, 6.07) is 0. The van der Waals surface area contributed by atoms with Crippen LogP contribution in [0.1, 0.15) is 27.2 Å². The lowest BCUT2D eigenvalue weighted by atomic mass is 10.1. The summed E-state index contributed by atoms with van der Waals surface area (Å²) in [4.78, 5) is 11.5. The van der Waals surface area contributed by atoms with Crippen LogP contribution in [-0.4, -0.2) is 75.7 Å². The summed E-state index contributed by atoms with van der Waals surface area (Å²) in [5.41, 5.74) is -0.496. The molecule has 3 fully saturated rings. The molecule has 1 N–H and O–H groups in total. The lowest BCUT2D eigenvalue weighted by molar-refractivity contribution is -0.253. The number of carbonyl (C=O) groups excluding carboxylic acids is 1. The summed E-state index contributed by atoms with van der Waals surface area (Å²) in [6.07, 6.45) is -1.02. The number of carbonyl (C=O) groups is 1. The first-order valence-corrected chi connectivity index (χ1v) is 8.60. The Morgan fingerprint density at radius 3 is 2.64 bits per heavy atom. The number of rotatable bonds is 6. The van der Waals surface area contributed by atoms with Gasteiger partial charge in [-0.25, -0.2) is 4.79 Å². The van der Waals surface area contributed by atoms with Gasteiger partial charge in [0.1, 0.15) is 36.8 Å². The van der Waals surface area contributed by atoms with Crippen LogP contribution in [0, 0.1) is 0 Å². The maximum Gasteiger partial charge on any atom is 0.407 e. The van der Waals surface area contributed by atoms with Gasteiger partial charge in [0.25, 0.3) is 0 Å². The molecule has 0 aromatic rings. The van der Waals surface area contributed by atoms with Crippen LogP contribution in [0.5, 0.6) is 0 Å². The highest BCUT2D eigenvalue weighted by molar-refractivity contribution is 5.67. The maximum atomic E-state index is 11.5. The minimum absolute atomic E-state index is 0.186. The predicted octanol–water partition coefficient (Wildman–Crippen LogP) is 0.757. The van der Waals surface area contributed by atoms with E-state index in [9.17, 15) is 4.79 Å². The molecule has 0 radical (unpaired) electrons. The molecule has 3 aliphatic rings. The molecule has 3 saturated heterocycles. The molecular formula is C16H27NO8. The molecule has 0 spiro atoms. The van der Waals surface area contributed by atoms with Gasteiger partial charge >= 0.3 is 6.09 Å². The van der Waals surface area contributed by atoms with Gasteiger partial charge in [-0.05, 0) is 27.2 Å². The van der Waals surface area contributed by atoms with Crippen LogP contribution in [0.3, 0.4) is 0 Å². The Kier molecular flexibility index (Phi) is 6.13. The summed E-state index contributed by atoms with van der Waals surface area (Å²) < 4.78 is 38.6. The molecule has 0 aromatic carbocycles. The van der Waals surface area contributed by atoms with Gasteiger partial charge in [0.15, 0.2) is 13.1 Å². The second kappa shape index (κ2) is 8.15. The van der Waals surface area contributed by atoms with E-state index in [0.29, 0.717) is 26.2 Å². The van der Waals surface area contributed by atoms with E-state index in [1.54, 1.807) is 0 Å². The Morgan fingerprint density at radius 2 is 1.84 bits per heavy atom. The zero-order chi connectivity index (χ0) is 17.9. The van der Waals surface area contributed by atoms with E-state index in [1.807, 2.05) is 20.8 Å². The Balaban J connectivity index is 1.30. The van der Waals surface area contributed by atoms with Gasteiger partial charge in [-0.3, -0.25) is 0 Å². The van der Waals surface area contributed by atoms with E-state index in [0.717, 1.165) is 0 Å². The van der Waals surface area contributed by atoms with Crippen LogP contribution >= 0.6 is 0 Å². The summed E-state index contributed by atoms with van der Waals surface area (Å²) >= 11 is 0. The average Bonchev–Trinajstić information content (AvgIpc) is 3.10. The smallest absolute Gasteiger partial charge is 0.407 e. The van der Waals surface area contributed by atoms with Crippen molar-refractivity contribution in [2.45, 2.75) is 63.5 Å². The number of alkyl carbamates (subject to hydrolysis) is 1. The molecule has 25 heavy (non-hydrogen) atoms. The number of hydrogen-bond acceptors (Lipinski definition) is 8. The van der Waals surface area contributed by atoms with Crippen molar-refractivity contribution in [2.75, 3.05) is 33.3 Å². The standard InChI is InChI=1S/C16H27NO8/c1-16(2,3)25-15(18)17-5-4-6-19-7-10-11-12(21-8-20-10)13-14(24-11)23-9-22-13/h10-14H,4-9H2,1-3H3,(H,17,18)/t10-,11-,12+,13-,14+/m1/s1. The fourth-order valence-corrected chi connectivity index (χ4v) is 2.95. The molecule has 0 bridgehead atoms. The van der Waals surface area contributed by atoms with Crippen LogP contribution in [0.25, 0.3) is 0 Å². The molecule has 9 heteroatoms. The second-order valence-electron chi connectivity index (χ2n) is 7.20. The van der Waals surface area contributed by atoms with Crippen LogP contribution in [0.4, 0.5) is 4.79 Å². The summed E-state index contributed by atoms with van der Waals surface area (Å²) in [7, 11) is 0. The van der Waals surface area contributed by atoms with E-state index >= 15 is 0 Å². The van der Waals surface area contributed by atoms with Crippen molar-refractivity contribution < 1.29 is 38.0 Å². The van der Waals surface area contributed by atoms with Crippen LogP contribution in [-0.2, 0) is 33.2 Å². The Bertz CT molecular complexity index is 454. The normalized spacial score (nSPS) is 34.4. The van der Waals surface area contributed by atoms with E-state index < -0.39 is 18.0 Å². The van der Waals surface area contributed by atoms with Crippen molar-refractivity contribution in [1.82, 2.24) is 5.32 Å². The molecule has 3 heterocycles. The minimum Gasteiger partial charge on any atom is -0.444 e. The van der Waals surface area contributed by atoms with Crippen LogP contribution < -0.4 is 5.32 Å². The van der Waals surface area contributed by atoms with Crippen molar-refractivity contribution in [1.29, 1.82) is 0 Å². The third kappa shape index (κ3) is 5.02. The molecule has 144 valence electrons. The predicted molar refractivity (Wildman–Crippen MR) is 83.8 cm³/mol. The lowest BCUT2D eigenvalue weighted by Gasteiger charge is -2.33. The molecule has 1 amide bonds. The number of amides is 1. The van der Waals surface area contributed by atoms with Gasteiger partial charge in [-0.15, -0.1) is 0 Å². The van der Waals surface area contributed by atoms with E-state index in [2.05, 4.69) is 5.32 Å². The van der Waals surface area contributed by atoms with Gasteiger partial charge in [0, 0.05) is 13.2 Å². The van der Waals surface area contributed by atoms with Crippen molar-refractivity contribution in [3.8, 4) is 0 Å². The molecule has 3 rings (SSSR count). The van der Waals surface area contributed by atoms with Gasteiger partial charge in [-0.1, -0.05) is 0 Å². The first-order valence-electron chi connectivity index (χ1n) is 8.60. The van der Waals surface area contributed by atoms with Gasteiger partial charge in [0.2, 0.25) is 0 Å². The molecular weight excluding hydrogens is 334 g/mol. The first-order chi connectivity index (χ1) is 11.9. The molecule has 0 saturated carbocycles. The first kappa shape index (κ1) is 18.8. The molecule has 3 aliphatic heterocycles. The highest BCUT2D eigenvalue weighted by Crippen LogP contribution is 2.35. The topological polar surface area (TPSA) is 93.7 Å². The van der Waals surface area contributed by atoms with Gasteiger partial charge in [-0.2, -0.15) is 0 Å². The fraction of sp³-hybridized carbons (Fsp3) is 0.938. The largest absolute Gasteiger partial charge is 0.444 e. The number of ether oxygens (including phenoxy) is 7. The molecule has 0 aliphatic carbocycles. The highest BCUT2D eigenvalue weighted by Gasteiger charge is 2.54. The maximum absolute atomic E-state index is 11.5. The van der Waals surface area contributed by atoms with Gasteiger partial charge < -0.3 is 38.5 Å². The van der Waals surface area contributed by atoms with E-state index in [4.69, 9.17) is 33.2 Å². The van der Waals surface area contributed by atoms with Gasteiger partial charge in [0.05, 0.1) is 6.61 Å². The Morgan fingerprint density at radius 1 is 1.08 bits per heavy atom. The highest BCUT2D eigenvalue weighted by atomic mass is 16.8. The molecule has 9 nitrogen and oxygen atoms in total. The van der Waals surface area contributed by atoms with Crippen LogP contribution in [0.2, 0.25) is 0 Å². The van der Waals surface area contributed by atoms with Crippen molar-refractivity contribution in [3.05, 3.63) is 0 Å². The monoisotopic (exact) mass is 361 g/mol. The van der Waals surface area contributed by atoms with Crippen molar-refractivity contribution >= 4 is 6.09 Å². The molecule has 0 unspecified atom stereocenters. The quantitative estimate of drug-likeness (QED) is 0.693. The summed E-state index contributed by atoms with van der Waals surface area (Å²) in [5, 5.41) is 2.69.